The average molecular weight is 224 g/mol. The molecule has 0 fully saturated rings. The summed E-state index contributed by atoms with van der Waals surface area (Å²) in [7, 11) is 0. The Morgan fingerprint density at radius 2 is 1.44 bits per heavy atom. The van der Waals surface area contributed by atoms with Crippen LogP contribution in [0, 0.1) is 0 Å². The van der Waals surface area contributed by atoms with E-state index in [2.05, 4.69) is 6.92 Å². The number of hydrogen-bond acceptors (Lipinski definition) is 1. The number of hydrogen-bond donors (Lipinski definition) is 1. The van der Waals surface area contributed by atoms with Crippen LogP contribution in [0.3, 0.4) is 0 Å². The summed E-state index contributed by atoms with van der Waals surface area (Å²) in [6, 6.07) is 7.57. The van der Waals surface area contributed by atoms with Crippen molar-refractivity contribution >= 4 is 0 Å². The highest BCUT2D eigenvalue weighted by atomic mass is 16.3. The molecule has 0 aliphatic carbocycles. The van der Waals surface area contributed by atoms with Gasteiger partial charge in [-0.2, -0.15) is 0 Å². The van der Waals surface area contributed by atoms with Crippen molar-refractivity contribution in [3.8, 4) is 5.75 Å². The monoisotopic (exact) mass is 224 g/mol. The highest BCUT2D eigenvalue weighted by molar-refractivity contribution is 5.25. The Kier molecular flexibility index (Phi) is 8.64. The van der Waals surface area contributed by atoms with Crippen molar-refractivity contribution in [3.63, 3.8) is 0 Å². The van der Waals surface area contributed by atoms with Crippen molar-refractivity contribution in [2.45, 2.75) is 51.9 Å². The molecule has 0 aliphatic rings. The van der Waals surface area contributed by atoms with Gasteiger partial charge in [-0.15, -0.1) is 0 Å². The molecule has 0 aromatic heterocycles. The molecule has 3 N–H and O–H groups in total. The van der Waals surface area contributed by atoms with Gasteiger partial charge in [-0.3, -0.25) is 0 Å². The number of benzene rings is 1. The molecule has 0 spiro atoms. The number of rotatable bonds is 7. The Morgan fingerprint density at radius 1 is 0.875 bits per heavy atom. The summed E-state index contributed by atoms with van der Waals surface area (Å²) in [5.41, 5.74) is 1.34. The minimum Gasteiger partial charge on any atom is -0.508 e. The second kappa shape index (κ2) is 9.22. The van der Waals surface area contributed by atoms with E-state index >= 15 is 0 Å². The van der Waals surface area contributed by atoms with Gasteiger partial charge in [0.05, 0.1) is 0 Å². The Balaban J connectivity index is 0.00000225. The molecule has 0 bridgehead atoms. The van der Waals surface area contributed by atoms with E-state index in [9.17, 15) is 0 Å². The van der Waals surface area contributed by atoms with Crippen LogP contribution in [0.25, 0.3) is 0 Å². The van der Waals surface area contributed by atoms with Crippen LogP contribution in [0.15, 0.2) is 24.3 Å². The summed E-state index contributed by atoms with van der Waals surface area (Å²) < 4.78 is 0. The van der Waals surface area contributed by atoms with E-state index in [0.29, 0.717) is 5.75 Å². The van der Waals surface area contributed by atoms with Gasteiger partial charge in [0, 0.05) is 0 Å². The molecule has 0 heterocycles. The van der Waals surface area contributed by atoms with Crippen LogP contribution in [-0.4, -0.2) is 10.6 Å². The Labute approximate surface area is 98.6 Å². The van der Waals surface area contributed by atoms with E-state index in [-0.39, 0.29) is 5.48 Å². The molecule has 0 radical (unpaired) electrons. The zero-order chi connectivity index (χ0) is 10.9. The quantitative estimate of drug-likeness (QED) is 0.708. The SMILES string of the molecule is CCCCCCCCc1ccc(O)cc1.O. The van der Waals surface area contributed by atoms with E-state index in [1.807, 2.05) is 12.1 Å². The van der Waals surface area contributed by atoms with Crippen LogP contribution >= 0.6 is 0 Å². The zero-order valence-corrected chi connectivity index (χ0v) is 10.2. The van der Waals surface area contributed by atoms with Crippen LogP contribution in [0.1, 0.15) is 51.0 Å². The standard InChI is InChI=1S/C14H22O.H2O/c1-2-3-4-5-6-7-8-13-9-11-14(15)12-10-13;/h9-12,15H,2-8H2,1H3;1H2. The molecule has 0 unspecified atom stereocenters. The van der Waals surface area contributed by atoms with Crippen LogP contribution in [-0.2, 0) is 6.42 Å². The fourth-order valence-electron chi connectivity index (χ4n) is 1.77. The van der Waals surface area contributed by atoms with Crippen molar-refractivity contribution in [1.29, 1.82) is 0 Å². The molecule has 0 amide bonds. The van der Waals surface area contributed by atoms with Crippen molar-refractivity contribution in [1.82, 2.24) is 0 Å². The first kappa shape index (κ1) is 15.0. The van der Waals surface area contributed by atoms with Gasteiger partial charge in [-0.1, -0.05) is 51.2 Å². The molecular weight excluding hydrogens is 200 g/mol. The van der Waals surface area contributed by atoms with E-state index in [1.165, 1.54) is 44.1 Å². The maximum absolute atomic E-state index is 9.13. The van der Waals surface area contributed by atoms with Crippen LogP contribution in [0.2, 0.25) is 0 Å². The molecule has 2 nitrogen and oxygen atoms in total. The minimum absolute atomic E-state index is 0. The highest BCUT2D eigenvalue weighted by Crippen LogP contribution is 2.13. The van der Waals surface area contributed by atoms with Crippen molar-refractivity contribution in [3.05, 3.63) is 29.8 Å². The van der Waals surface area contributed by atoms with Crippen LogP contribution in [0.5, 0.6) is 5.75 Å². The molecule has 2 heteroatoms. The molecule has 92 valence electrons. The van der Waals surface area contributed by atoms with E-state index < -0.39 is 0 Å². The topological polar surface area (TPSA) is 51.7 Å². The summed E-state index contributed by atoms with van der Waals surface area (Å²) in [5, 5.41) is 9.13. The molecular formula is C14H24O2. The lowest BCUT2D eigenvalue weighted by Crippen LogP contribution is -1.85. The number of aryl methyl sites for hydroxylation is 1. The summed E-state index contributed by atoms with van der Waals surface area (Å²) >= 11 is 0. The van der Waals surface area contributed by atoms with E-state index in [1.54, 1.807) is 12.1 Å². The van der Waals surface area contributed by atoms with Gasteiger partial charge in [0.1, 0.15) is 5.75 Å². The predicted molar refractivity (Wildman–Crippen MR) is 68.8 cm³/mol. The van der Waals surface area contributed by atoms with E-state index in [4.69, 9.17) is 5.11 Å². The smallest absolute Gasteiger partial charge is 0.115 e. The summed E-state index contributed by atoms with van der Waals surface area (Å²) in [6.07, 6.45) is 9.19. The lowest BCUT2D eigenvalue weighted by atomic mass is 10.1. The maximum atomic E-state index is 9.13. The first-order valence-corrected chi connectivity index (χ1v) is 6.11. The molecule has 0 aliphatic heterocycles. The normalized spacial score (nSPS) is 9.81. The lowest BCUT2D eigenvalue weighted by molar-refractivity contribution is 0.475. The molecule has 0 saturated heterocycles. The third kappa shape index (κ3) is 6.46. The van der Waals surface area contributed by atoms with Gasteiger partial charge >= 0.3 is 0 Å². The number of aromatic hydroxyl groups is 1. The molecule has 0 saturated carbocycles. The number of phenols is 1. The predicted octanol–water partition coefficient (Wildman–Crippen LogP) is 3.47. The molecule has 0 atom stereocenters. The molecule has 1 rings (SSSR count). The first-order valence-electron chi connectivity index (χ1n) is 6.11. The van der Waals surface area contributed by atoms with Crippen molar-refractivity contribution in [2.24, 2.45) is 0 Å². The van der Waals surface area contributed by atoms with Crippen LogP contribution < -0.4 is 0 Å². The second-order valence-electron chi connectivity index (χ2n) is 4.18. The minimum atomic E-state index is 0. The second-order valence-corrected chi connectivity index (χ2v) is 4.18. The number of unbranched alkanes of at least 4 members (excludes halogenated alkanes) is 5. The van der Waals surface area contributed by atoms with E-state index in [0.717, 1.165) is 6.42 Å². The molecule has 16 heavy (non-hydrogen) atoms. The van der Waals surface area contributed by atoms with Crippen LogP contribution in [0.4, 0.5) is 0 Å². The lowest BCUT2D eigenvalue weighted by Gasteiger charge is -2.02. The van der Waals surface area contributed by atoms with Gasteiger partial charge in [-0.25, -0.2) is 0 Å². The van der Waals surface area contributed by atoms with Crippen molar-refractivity contribution < 1.29 is 10.6 Å². The third-order valence-electron chi connectivity index (χ3n) is 2.76. The van der Waals surface area contributed by atoms with Crippen molar-refractivity contribution in [2.75, 3.05) is 0 Å². The highest BCUT2D eigenvalue weighted by Gasteiger charge is 1.94. The Morgan fingerprint density at radius 3 is 2.06 bits per heavy atom. The zero-order valence-electron chi connectivity index (χ0n) is 10.2. The Bertz CT molecular complexity index is 254. The number of phenolic OH excluding ortho intramolecular Hbond substituents is 1. The fourth-order valence-corrected chi connectivity index (χ4v) is 1.77. The summed E-state index contributed by atoms with van der Waals surface area (Å²) in [6.45, 7) is 2.25. The largest absolute Gasteiger partial charge is 0.508 e. The van der Waals surface area contributed by atoms with Gasteiger partial charge < -0.3 is 10.6 Å². The van der Waals surface area contributed by atoms with Gasteiger partial charge in [-0.05, 0) is 30.5 Å². The van der Waals surface area contributed by atoms with Gasteiger partial charge in [0.2, 0.25) is 0 Å². The van der Waals surface area contributed by atoms with Gasteiger partial charge in [0.25, 0.3) is 0 Å². The molecule has 1 aromatic rings. The summed E-state index contributed by atoms with van der Waals surface area (Å²) in [5.74, 6) is 0.363. The maximum Gasteiger partial charge on any atom is 0.115 e. The third-order valence-corrected chi connectivity index (χ3v) is 2.76. The Hall–Kier alpha value is -1.02. The first-order chi connectivity index (χ1) is 7.33. The average Bonchev–Trinajstić information content (AvgIpc) is 2.26. The van der Waals surface area contributed by atoms with Gasteiger partial charge in [0.15, 0.2) is 0 Å². The fraction of sp³-hybridized carbons (Fsp3) is 0.571. The molecule has 1 aromatic carbocycles. The summed E-state index contributed by atoms with van der Waals surface area (Å²) in [4.78, 5) is 0.